The zero-order chi connectivity index (χ0) is 23.2. The molecule has 33 heavy (non-hydrogen) atoms. The van der Waals surface area contributed by atoms with Crippen molar-refractivity contribution in [3.05, 3.63) is 95.9 Å². The second-order valence-corrected chi connectivity index (χ2v) is 7.91. The SMILES string of the molecule is CCc1ccc(-c2c(C)nn3c(-c4cccc(C(F)(F)F)c4)cc(-n4cccc4)nc23)cc1. The van der Waals surface area contributed by atoms with Crippen molar-refractivity contribution in [1.82, 2.24) is 19.2 Å². The summed E-state index contributed by atoms with van der Waals surface area (Å²) in [4.78, 5) is 4.86. The highest BCUT2D eigenvalue weighted by Crippen LogP contribution is 2.35. The Balaban J connectivity index is 1.79. The van der Waals surface area contributed by atoms with Gasteiger partial charge >= 0.3 is 6.18 Å². The van der Waals surface area contributed by atoms with Gasteiger partial charge in [0.2, 0.25) is 0 Å². The fourth-order valence-corrected chi connectivity index (χ4v) is 4.04. The van der Waals surface area contributed by atoms with E-state index < -0.39 is 11.7 Å². The molecule has 0 spiro atoms. The van der Waals surface area contributed by atoms with Crippen molar-refractivity contribution in [3.63, 3.8) is 0 Å². The quantitative estimate of drug-likeness (QED) is 0.306. The summed E-state index contributed by atoms with van der Waals surface area (Å²) in [5.41, 5.74) is 4.65. The fourth-order valence-electron chi connectivity index (χ4n) is 4.04. The van der Waals surface area contributed by atoms with E-state index in [9.17, 15) is 13.2 Å². The number of benzene rings is 2. The van der Waals surface area contributed by atoms with Crippen LogP contribution in [0.5, 0.6) is 0 Å². The highest BCUT2D eigenvalue weighted by atomic mass is 19.4. The molecular formula is C26H21F3N4. The van der Waals surface area contributed by atoms with Crippen LogP contribution in [0.15, 0.2) is 79.1 Å². The van der Waals surface area contributed by atoms with E-state index in [1.807, 2.05) is 48.1 Å². The fraction of sp³-hybridized carbons (Fsp3) is 0.154. The Hall–Kier alpha value is -3.87. The molecule has 0 aliphatic carbocycles. The maximum absolute atomic E-state index is 13.4. The van der Waals surface area contributed by atoms with Crippen LogP contribution in [-0.4, -0.2) is 19.2 Å². The molecule has 0 saturated carbocycles. The number of fused-ring (bicyclic) bond motifs is 1. The molecule has 0 N–H and O–H groups in total. The molecule has 166 valence electrons. The van der Waals surface area contributed by atoms with Crippen LogP contribution in [0.4, 0.5) is 13.2 Å². The van der Waals surface area contributed by atoms with E-state index >= 15 is 0 Å². The topological polar surface area (TPSA) is 35.1 Å². The van der Waals surface area contributed by atoms with Crippen LogP contribution in [0.3, 0.4) is 0 Å². The van der Waals surface area contributed by atoms with Gasteiger partial charge in [0.1, 0.15) is 5.82 Å². The second-order valence-electron chi connectivity index (χ2n) is 7.91. The summed E-state index contributed by atoms with van der Waals surface area (Å²) in [6.07, 6.45) is 0.211. The Labute approximate surface area is 189 Å². The Morgan fingerprint density at radius 3 is 2.27 bits per heavy atom. The van der Waals surface area contributed by atoms with Gasteiger partial charge in [-0.3, -0.25) is 0 Å². The number of rotatable bonds is 4. The molecular weight excluding hydrogens is 425 g/mol. The van der Waals surface area contributed by atoms with E-state index in [1.54, 1.807) is 16.6 Å². The molecule has 5 rings (SSSR count). The minimum atomic E-state index is -4.43. The van der Waals surface area contributed by atoms with Crippen molar-refractivity contribution in [2.75, 3.05) is 0 Å². The van der Waals surface area contributed by atoms with Crippen molar-refractivity contribution in [2.24, 2.45) is 0 Å². The van der Waals surface area contributed by atoms with Gasteiger partial charge in [0.15, 0.2) is 5.65 Å². The van der Waals surface area contributed by atoms with Crippen molar-refractivity contribution in [2.45, 2.75) is 26.4 Å². The third-order valence-corrected chi connectivity index (χ3v) is 5.76. The van der Waals surface area contributed by atoms with Gasteiger partial charge in [0, 0.05) is 29.6 Å². The Morgan fingerprint density at radius 1 is 0.879 bits per heavy atom. The lowest BCUT2D eigenvalue weighted by Gasteiger charge is -2.12. The predicted molar refractivity (Wildman–Crippen MR) is 122 cm³/mol. The molecule has 0 amide bonds. The molecule has 0 saturated heterocycles. The van der Waals surface area contributed by atoms with Crippen molar-refractivity contribution in [1.29, 1.82) is 0 Å². The Bertz CT molecular complexity index is 1430. The van der Waals surface area contributed by atoms with Gasteiger partial charge in [-0.2, -0.15) is 18.3 Å². The molecule has 0 aliphatic rings. The Kier molecular flexibility index (Phi) is 5.04. The van der Waals surface area contributed by atoms with Crippen LogP contribution < -0.4 is 0 Å². The first-order valence-corrected chi connectivity index (χ1v) is 10.7. The van der Waals surface area contributed by atoms with E-state index in [1.165, 1.54) is 11.6 Å². The standard InChI is InChI=1S/C26H21F3N4/c1-3-18-9-11-19(12-10-18)24-17(2)31-33-22(20-7-6-8-21(15-20)26(27,28)29)16-23(30-25(24)33)32-13-4-5-14-32/h4-16H,3H2,1-2H3. The molecule has 3 aromatic heterocycles. The highest BCUT2D eigenvalue weighted by Gasteiger charge is 2.31. The van der Waals surface area contributed by atoms with Crippen LogP contribution in [0.25, 0.3) is 33.8 Å². The first-order chi connectivity index (χ1) is 15.8. The minimum absolute atomic E-state index is 0.418. The molecule has 4 nitrogen and oxygen atoms in total. The predicted octanol–water partition coefficient (Wildman–Crippen LogP) is 6.74. The molecule has 0 radical (unpaired) electrons. The number of aromatic nitrogens is 4. The van der Waals surface area contributed by atoms with Gasteiger partial charge in [0.25, 0.3) is 0 Å². The lowest BCUT2D eigenvalue weighted by Crippen LogP contribution is -2.06. The van der Waals surface area contributed by atoms with E-state index in [-0.39, 0.29) is 0 Å². The van der Waals surface area contributed by atoms with Gasteiger partial charge in [-0.1, -0.05) is 43.3 Å². The summed E-state index contributed by atoms with van der Waals surface area (Å²) >= 11 is 0. The van der Waals surface area contributed by atoms with E-state index in [0.29, 0.717) is 22.7 Å². The average molecular weight is 446 g/mol. The van der Waals surface area contributed by atoms with Gasteiger partial charge < -0.3 is 4.57 Å². The van der Waals surface area contributed by atoms with Crippen molar-refractivity contribution in [3.8, 4) is 28.2 Å². The van der Waals surface area contributed by atoms with Gasteiger partial charge in [-0.25, -0.2) is 9.50 Å². The maximum Gasteiger partial charge on any atom is 0.416 e. The summed E-state index contributed by atoms with van der Waals surface area (Å²) < 4.78 is 43.7. The second kappa shape index (κ2) is 7.92. The monoisotopic (exact) mass is 446 g/mol. The number of nitrogens with zero attached hydrogens (tertiary/aromatic N) is 4. The van der Waals surface area contributed by atoms with Crippen LogP contribution in [0.2, 0.25) is 0 Å². The molecule has 0 bridgehead atoms. The normalized spacial score (nSPS) is 11.9. The number of hydrogen-bond acceptors (Lipinski definition) is 2. The lowest BCUT2D eigenvalue weighted by atomic mass is 10.0. The van der Waals surface area contributed by atoms with Crippen LogP contribution in [0, 0.1) is 6.92 Å². The molecule has 0 unspecified atom stereocenters. The van der Waals surface area contributed by atoms with Gasteiger partial charge in [-0.15, -0.1) is 0 Å². The third kappa shape index (κ3) is 3.80. The zero-order valence-electron chi connectivity index (χ0n) is 18.1. The molecule has 5 aromatic rings. The van der Waals surface area contributed by atoms with Crippen LogP contribution in [-0.2, 0) is 12.6 Å². The maximum atomic E-state index is 13.4. The molecule has 3 heterocycles. The Morgan fingerprint density at radius 2 is 1.61 bits per heavy atom. The van der Waals surface area contributed by atoms with Crippen molar-refractivity contribution < 1.29 is 13.2 Å². The highest BCUT2D eigenvalue weighted by molar-refractivity contribution is 5.82. The number of halogens is 3. The van der Waals surface area contributed by atoms with Crippen LogP contribution >= 0.6 is 0 Å². The summed E-state index contributed by atoms with van der Waals surface area (Å²) in [7, 11) is 0. The molecule has 2 aromatic carbocycles. The number of hydrogen-bond donors (Lipinski definition) is 0. The summed E-state index contributed by atoms with van der Waals surface area (Å²) in [6.45, 7) is 3.99. The lowest BCUT2D eigenvalue weighted by molar-refractivity contribution is -0.137. The molecule has 7 heteroatoms. The molecule has 0 aliphatic heterocycles. The first kappa shape index (κ1) is 21.0. The summed E-state index contributed by atoms with van der Waals surface area (Å²) in [6, 6.07) is 19.0. The number of aryl methyl sites for hydroxylation is 2. The van der Waals surface area contributed by atoms with E-state index in [0.717, 1.165) is 35.4 Å². The average Bonchev–Trinajstić information content (AvgIpc) is 3.45. The first-order valence-electron chi connectivity index (χ1n) is 10.7. The smallest absolute Gasteiger partial charge is 0.309 e. The van der Waals surface area contributed by atoms with Gasteiger partial charge in [0.05, 0.1) is 17.0 Å². The summed E-state index contributed by atoms with van der Waals surface area (Å²) in [5, 5.41) is 4.69. The molecule has 0 atom stereocenters. The van der Waals surface area contributed by atoms with E-state index in [2.05, 4.69) is 24.2 Å². The van der Waals surface area contributed by atoms with Gasteiger partial charge in [-0.05, 0) is 48.7 Å². The zero-order valence-corrected chi connectivity index (χ0v) is 18.1. The largest absolute Gasteiger partial charge is 0.416 e. The van der Waals surface area contributed by atoms with Crippen LogP contribution in [0.1, 0.15) is 23.7 Å². The summed E-state index contributed by atoms with van der Waals surface area (Å²) in [5.74, 6) is 0.603. The van der Waals surface area contributed by atoms with E-state index in [4.69, 9.17) is 4.98 Å². The van der Waals surface area contributed by atoms with Crippen molar-refractivity contribution >= 4 is 5.65 Å². The molecule has 0 fully saturated rings. The number of alkyl halides is 3. The minimum Gasteiger partial charge on any atom is -0.309 e. The third-order valence-electron chi connectivity index (χ3n) is 5.76.